The number of hydrogen-bond donors (Lipinski definition) is 2. The zero-order chi connectivity index (χ0) is 28.7. The number of nitrogens with two attached hydrogens (primary N) is 1. The van der Waals surface area contributed by atoms with E-state index >= 15 is 0 Å². The normalized spacial score (nSPS) is 17.1. The Morgan fingerprint density at radius 2 is 1.03 bits per heavy atom. The van der Waals surface area contributed by atoms with Crippen LogP contribution in [0.5, 0.6) is 0 Å². The van der Waals surface area contributed by atoms with E-state index in [1.54, 1.807) is 34.6 Å². The first-order chi connectivity index (χ1) is 16.0. The molecule has 0 radical (unpaired) electrons. The fourth-order valence-electron chi connectivity index (χ4n) is 4.64. The molecule has 0 spiro atoms. The van der Waals surface area contributed by atoms with E-state index in [2.05, 4.69) is 0 Å². The van der Waals surface area contributed by atoms with Crippen molar-refractivity contribution in [2.75, 3.05) is 13.2 Å². The molecule has 0 aromatic rings. The molecule has 8 nitrogen and oxygen atoms in total. The minimum absolute atomic E-state index is 0.0621. The van der Waals surface area contributed by atoms with Crippen molar-refractivity contribution in [1.29, 1.82) is 0 Å². The average Bonchev–Trinajstić information content (AvgIpc) is 2.67. The number of carbonyl (C=O) groups is 2. The van der Waals surface area contributed by atoms with Gasteiger partial charge >= 0.3 is 0 Å². The van der Waals surface area contributed by atoms with Crippen molar-refractivity contribution in [3.05, 3.63) is 0 Å². The zero-order valence-corrected chi connectivity index (χ0v) is 25.2. The molecule has 8 heteroatoms. The minimum atomic E-state index is -0.985. The van der Waals surface area contributed by atoms with Crippen LogP contribution in [-0.4, -0.2) is 76.6 Å². The maximum Gasteiger partial charge on any atom is 0.180 e. The summed E-state index contributed by atoms with van der Waals surface area (Å²) < 4.78 is 23.9. The topological polar surface area (TPSA) is 117 Å². The van der Waals surface area contributed by atoms with Gasteiger partial charge in [0.15, 0.2) is 11.6 Å². The summed E-state index contributed by atoms with van der Waals surface area (Å²) in [6.07, 6.45) is -0.179. The highest BCUT2D eigenvalue weighted by Crippen LogP contribution is 2.26. The number of Topliss-reactive ketones (excluding diaryl/α,β-unsaturated/α-hetero) is 2. The third-order valence-electron chi connectivity index (χ3n) is 6.01. The highest BCUT2D eigenvalue weighted by molar-refractivity contribution is 5.90. The lowest BCUT2D eigenvalue weighted by Crippen LogP contribution is -2.47. The van der Waals surface area contributed by atoms with Crippen LogP contribution in [0, 0.1) is 5.92 Å². The van der Waals surface area contributed by atoms with Gasteiger partial charge in [-0.05, 0) is 76.2 Å². The molecule has 0 heterocycles. The molecule has 36 heavy (non-hydrogen) atoms. The second kappa shape index (κ2) is 13.8. The predicted octanol–water partition coefficient (Wildman–Crippen LogP) is 4.23. The summed E-state index contributed by atoms with van der Waals surface area (Å²) in [4.78, 5) is 24.7. The number of ketones is 2. The average molecular weight is 518 g/mol. The van der Waals surface area contributed by atoms with Gasteiger partial charge in [-0.3, -0.25) is 9.59 Å². The fraction of sp³-hybridized carbons (Fsp3) is 0.929. The molecule has 0 amide bonds. The van der Waals surface area contributed by atoms with Gasteiger partial charge < -0.3 is 29.8 Å². The Balaban J connectivity index is 4.67. The highest BCUT2D eigenvalue weighted by atomic mass is 16.5. The Hall–Kier alpha value is -0.900. The van der Waals surface area contributed by atoms with Crippen molar-refractivity contribution < 1.29 is 33.6 Å². The molecule has 4 atom stereocenters. The van der Waals surface area contributed by atoms with Gasteiger partial charge in [0.25, 0.3) is 0 Å². The quantitative estimate of drug-likeness (QED) is 0.277. The molecule has 0 aliphatic rings. The van der Waals surface area contributed by atoms with E-state index in [0.717, 1.165) is 0 Å². The molecule has 214 valence electrons. The monoisotopic (exact) mass is 517 g/mol. The van der Waals surface area contributed by atoms with Crippen molar-refractivity contribution in [3.63, 3.8) is 0 Å². The maximum absolute atomic E-state index is 12.4. The first kappa shape index (κ1) is 35.1. The molecule has 0 aliphatic heterocycles. The molecule has 0 saturated carbocycles. The summed E-state index contributed by atoms with van der Waals surface area (Å²) in [6.45, 7) is 24.2. The van der Waals surface area contributed by atoms with E-state index in [4.69, 9.17) is 24.7 Å². The summed E-state index contributed by atoms with van der Waals surface area (Å²) in [5.74, 6) is -0.195. The Morgan fingerprint density at radius 3 is 1.33 bits per heavy atom. The molecule has 0 aromatic heterocycles. The lowest BCUT2D eigenvalue weighted by Gasteiger charge is -2.35. The van der Waals surface area contributed by atoms with Gasteiger partial charge in [0, 0.05) is 18.8 Å². The Bertz CT molecular complexity index is 640. The van der Waals surface area contributed by atoms with Crippen LogP contribution in [0.25, 0.3) is 0 Å². The van der Waals surface area contributed by atoms with Gasteiger partial charge in [0.1, 0.15) is 17.3 Å². The van der Waals surface area contributed by atoms with Gasteiger partial charge in [0.05, 0.1) is 42.7 Å². The van der Waals surface area contributed by atoms with E-state index in [1.807, 2.05) is 55.4 Å². The smallest absolute Gasteiger partial charge is 0.180 e. The van der Waals surface area contributed by atoms with Crippen LogP contribution in [0.1, 0.15) is 103 Å². The van der Waals surface area contributed by atoms with Gasteiger partial charge in [-0.2, -0.15) is 0 Å². The Labute approximate surface area is 220 Å². The molecule has 0 aliphatic carbocycles. The second-order valence-electron chi connectivity index (χ2n) is 12.8. The Morgan fingerprint density at radius 1 is 0.694 bits per heavy atom. The Kier molecular flexibility index (Phi) is 13.4. The first-order valence-corrected chi connectivity index (χ1v) is 13.2. The summed E-state index contributed by atoms with van der Waals surface area (Å²) >= 11 is 0. The van der Waals surface area contributed by atoms with E-state index in [-0.39, 0.29) is 42.9 Å². The van der Waals surface area contributed by atoms with Crippen molar-refractivity contribution in [2.24, 2.45) is 11.7 Å². The van der Waals surface area contributed by atoms with Crippen molar-refractivity contribution in [3.8, 4) is 0 Å². The van der Waals surface area contributed by atoms with Crippen molar-refractivity contribution in [2.45, 2.75) is 150 Å². The largest absolute Gasteiger partial charge is 0.388 e. The number of rotatable bonds is 18. The van der Waals surface area contributed by atoms with Gasteiger partial charge in [-0.15, -0.1) is 0 Å². The van der Waals surface area contributed by atoms with Gasteiger partial charge in [-0.25, -0.2) is 0 Å². The summed E-state index contributed by atoms with van der Waals surface area (Å²) in [5, 5.41) is 10.5. The van der Waals surface area contributed by atoms with E-state index < -0.39 is 34.6 Å². The lowest BCUT2D eigenvalue weighted by atomic mass is 9.93. The number of aliphatic hydroxyl groups is 1. The lowest BCUT2D eigenvalue weighted by molar-refractivity contribution is -0.161. The van der Waals surface area contributed by atoms with Crippen LogP contribution in [-0.2, 0) is 28.5 Å². The summed E-state index contributed by atoms with van der Waals surface area (Å²) in [6, 6.07) is -0.598. The summed E-state index contributed by atoms with van der Waals surface area (Å²) in [5.41, 5.74) is 2.73. The molecule has 0 aromatic carbocycles. The first-order valence-electron chi connectivity index (χ1n) is 13.2. The minimum Gasteiger partial charge on any atom is -0.388 e. The van der Waals surface area contributed by atoms with Gasteiger partial charge in [-0.1, -0.05) is 13.8 Å². The van der Waals surface area contributed by atoms with Crippen LogP contribution in [0.3, 0.4) is 0 Å². The van der Waals surface area contributed by atoms with Gasteiger partial charge in [0.2, 0.25) is 0 Å². The van der Waals surface area contributed by atoms with Crippen LogP contribution in [0.2, 0.25) is 0 Å². The number of hydrogen-bond acceptors (Lipinski definition) is 8. The van der Waals surface area contributed by atoms with Crippen LogP contribution in [0.4, 0.5) is 0 Å². The van der Waals surface area contributed by atoms with E-state index in [9.17, 15) is 14.7 Å². The molecular weight excluding hydrogens is 462 g/mol. The second-order valence-corrected chi connectivity index (χ2v) is 12.8. The summed E-state index contributed by atoms with van der Waals surface area (Å²) in [7, 11) is 0. The standard InChI is InChI=1S/C28H55NO7/c1-18(2)23(31)27(10,11)35-19(3)14-25(6,7)33-16-22(30)17-34-26(8,9)15-20(4)36-28(12,13)24(32)21(5)29/h18-22,30H,14-17,29H2,1-13H3. The van der Waals surface area contributed by atoms with Crippen molar-refractivity contribution >= 4 is 11.6 Å². The molecule has 0 rings (SSSR count). The predicted molar refractivity (Wildman–Crippen MR) is 143 cm³/mol. The molecule has 3 N–H and O–H groups in total. The maximum atomic E-state index is 12.4. The molecular formula is C28H55NO7. The van der Waals surface area contributed by atoms with Crippen LogP contribution < -0.4 is 5.73 Å². The number of aliphatic hydroxyl groups excluding tert-OH is 1. The van der Waals surface area contributed by atoms with Crippen molar-refractivity contribution in [1.82, 2.24) is 0 Å². The molecule has 4 unspecified atom stereocenters. The number of ether oxygens (including phenoxy) is 4. The number of carbonyl (C=O) groups excluding carboxylic acids is 2. The van der Waals surface area contributed by atoms with E-state index in [0.29, 0.717) is 12.8 Å². The fourth-order valence-corrected chi connectivity index (χ4v) is 4.64. The van der Waals surface area contributed by atoms with E-state index in [1.165, 1.54) is 0 Å². The van der Waals surface area contributed by atoms with Crippen LogP contribution in [0.15, 0.2) is 0 Å². The zero-order valence-electron chi connectivity index (χ0n) is 25.2. The van der Waals surface area contributed by atoms with Crippen LogP contribution >= 0.6 is 0 Å². The molecule has 0 bridgehead atoms. The molecule has 0 fully saturated rings. The highest BCUT2D eigenvalue weighted by Gasteiger charge is 2.36. The SMILES string of the molecule is CC(CC(C)(C)OCC(O)COC(C)(C)CC(C)OC(C)(C)C(=O)C(C)N)OC(C)(C)C(=O)C(C)C. The molecule has 0 saturated heterocycles. The third kappa shape index (κ3) is 13.1. The third-order valence-corrected chi connectivity index (χ3v) is 6.01.